The van der Waals surface area contributed by atoms with Crippen molar-refractivity contribution in [2.24, 2.45) is 0 Å². The van der Waals surface area contributed by atoms with Crippen LogP contribution < -0.4 is 4.74 Å². The summed E-state index contributed by atoms with van der Waals surface area (Å²) in [6, 6.07) is 21.4. The second kappa shape index (κ2) is 11.3. The first-order valence-corrected chi connectivity index (χ1v) is 11.1. The van der Waals surface area contributed by atoms with Crippen molar-refractivity contribution in [3.8, 4) is 17.6 Å². The van der Waals surface area contributed by atoms with Gasteiger partial charge < -0.3 is 4.74 Å². The largest absolute Gasteiger partial charge is 0.494 e. The monoisotopic (exact) mass is 384 g/mol. The molecule has 0 aromatic heterocycles. The van der Waals surface area contributed by atoms with Crippen LogP contribution >= 0.6 is 0 Å². The van der Waals surface area contributed by atoms with Crippen LogP contribution in [0.3, 0.4) is 0 Å². The zero-order chi connectivity index (χ0) is 20.3. The third-order valence-corrected chi connectivity index (χ3v) is 5.20. The molecule has 3 aromatic rings. The topological polar surface area (TPSA) is 9.23 Å². The van der Waals surface area contributed by atoms with E-state index in [1.165, 1.54) is 48.4 Å². The van der Waals surface area contributed by atoms with E-state index in [0.717, 1.165) is 36.3 Å². The third kappa shape index (κ3) is 6.68. The Morgan fingerprint density at radius 2 is 1.34 bits per heavy atom. The molecule has 0 fully saturated rings. The van der Waals surface area contributed by atoms with Gasteiger partial charge in [-0.15, -0.1) is 0 Å². The molecule has 0 aliphatic carbocycles. The van der Waals surface area contributed by atoms with Crippen LogP contribution in [-0.2, 0) is 6.42 Å². The molecule has 29 heavy (non-hydrogen) atoms. The molecular weight excluding hydrogens is 352 g/mol. The number of benzene rings is 3. The number of fused-ring (bicyclic) bond motifs is 1. The maximum atomic E-state index is 5.81. The van der Waals surface area contributed by atoms with E-state index in [1.54, 1.807) is 0 Å². The van der Waals surface area contributed by atoms with Crippen LogP contribution in [0.4, 0.5) is 0 Å². The summed E-state index contributed by atoms with van der Waals surface area (Å²) in [5.41, 5.74) is 3.53. The lowest BCUT2D eigenvalue weighted by Crippen LogP contribution is -1.96. The van der Waals surface area contributed by atoms with Crippen LogP contribution in [0.5, 0.6) is 5.75 Å². The van der Waals surface area contributed by atoms with Gasteiger partial charge >= 0.3 is 0 Å². The Morgan fingerprint density at radius 1 is 0.655 bits per heavy atom. The van der Waals surface area contributed by atoms with E-state index >= 15 is 0 Å². The summed E-state index contributed by atoms with van der Waals surface area (Å²) in [6.07, 6.45) is 8.64. The minimum Gasteiger partial charge on any atom is -0.494 e. The van der Waals surface area contributed by atoms with Crippen molar-refractivity contribution in [2.45, 2.75) is 58.8 Å². The van der Waals surface area contributed by atoms with Gasteiger partial charge in [0.1, 0.15) is 5.75 Å². The first-order valence-electron chi connectivity index (χ1n) is 11.1. The van der Waals surface area contributed by atoms with Crippen molar-refractivity contribution < 1.29 is 4.74 Å². The predicted octanol–water partition coefficient (Wildman–Crippen LogP) is 7.54. The summed E-state index contributed by atoms with van der Waals surface area (Å²) < 4.78 is 5.81. The number of unbranched alkanes of at least 4 members (excludes halogenated alkanes) is 4. The molecule has 3 aromatic carbocycles. The highest BCUT2D eigenvalue weighted by atomic mass is 16.5. The van der Waals surface area contributed by atoms with Crippen LogP contribution in [0.2, 0.25) is 0 Å². The lowest BCUT2D eigenvalue weighted by molar-refractivity contribution is 0.310. The molecule has 0 amide bonds. The third-order valence-electron chi connectivity index (χ3n) is 5.20. The molecule has 0 aliphatic rings. The van der Waals surface area contributed by atoms with Gasteiger partial charge in [-0.2, -0.15) is 0 Å². The summed E-state index contributed by atoms with van der Waals surface area (Å²) >= 11 is 0. The van der Waals surface area contributed by atoms with E-state index in [-0.39, 0.29) is 0 Å². The maximum absolute atomic E-state index is 5.81. The van der Waals surface area contributed by atoms with E-state index in [2.05, 4.69) is 86.4 Å². The first-order chi connectivity index (χ1) is 14.3. The summed E-state index contributed by atoms with van der Waals surface area (Å²) in [4.78, 5) is 0. The van der Waals surface area contributed by atoms with Crippen molar-refractivity contribution in [1.29, 1.82) is 0 Å². The van der Waals surface area contributed by atoms with Crippen LogP contribution in [-0.4, -0.2) is 6.61 Å². The van der Waals surface area contributed by atoms with Gasteiger partial charge in [-0.25, -0.2) is 0 Å². The molecule has 0 saturated carbocycles. The van der Waals surface area contributed by atoms with E-state index in [9.17, 15) is 0 Å². The van der Waals surface area contributed by atoms with Gasteiger partial charge in [-0.1, -0.05) is 75.6 Å². The highest BCUT2D eigenvalue weighted by Gasteiger charge is 1.99. The molecule has 0 spiro atoms. The predicted molar refractivity (Wildman–Crippen MR) is 125 cm³/mol. The second-order valence-electron chi connectivity index (χ2n) is 7.68. The zero-order valence-electron chi connectivity index (χ0n) is 17.8. The molecule has 1 heteroatoms. The maximum Gasteiger partial charge on any atom is 0.119 e. The van der Waals surface area contributed by atoms with Gasteiger partial charge in [0.15, 0.2) is 0 Å². The summed E-state index contributed by atoms with van der Waals surface area (Å²) in [5, 5.41) is 2.39. The van der Waals surface area contributed by atoms with E-state index in [0.29, 0.717) is 0 Å². The summed E-state index contributed by atoms with van der Waals surface area (Å²) in [5.74, 6) is 7.55. The van der Waals surface area contributed by atoms with Crippen LogP contribution in [0.1, 0.15) is 69.1 Å². The Morgan fingerprint density at radius 3 is 2.14 bits per heavy atom. The standard InChI is InChI=1S/C28H32O/c1-3-5-7-8-9-23-10-12-24(13-11-23)14-15-25-16-17-27-22-28(29-20-6-4-2)19-18-26(27)21-25/h10-13,16-19,21-22H,3-9,20H2,1-2H3. The fraction of sp³-hybridized carbons (Fsp3) is 0.357. The quantitative estimate of drug-likeness (QED) is 0.273. The normalized spacial score (nSPS) is 10.6. The molecule has 150 valence electrons. The number of hydrogen-bond donors (Lipinski definition) is 0. The fourth-order valence-electron chi connectivity index (χ4n) is 3.38. The van der Waals surface area contributed by atoms with Crippen molar-refractivity contribution in [1.82, 2.24) is 0 Å². The van der Waals surface area contributed by atoms with Crippen molar-refractivity contribution in [3.05, 3.63) is 77.4 Å². The SMILES string of the molecule is CCCCCCc1ccc(C#Cc2ccc3cc(OCCCC)ccc3c2)cc1. The van der Waals surface area contributed by atoms with Gasteiger partial charge in [0.05, 0.1) is 6.61 Å². The molecule has 0 unspecified atom stereocenters. The minimum absolute atomic E-state index is 0.781. The summed E-state index contributed by atoms with van der Waals surface area (Å²) in [6.45, 7) is 5.21. The number of rotatable bonds is 9. The Labute approximate surface area is 176 Å². The molecule has 0 bridgehead atoms. The molecule has 0 atom stereocenters. The van der Waals surface area contributed by atoms with E-state index < -0.39 is 0 Å². The van der Waals surface area contributed by atoms with E-state index in [1.807, 2.05) is 0 Å². The Kier molecular flexibility index (Phi) is 8.20. The lowest BCUT2D eigenvalue weighted by atomic mass is 10.0. The van der Waals surface area contributed by atoms with Crippen LogP contribution in [0, 0.1) is 11.8 Å². The molecule has 0 saturated heterocycles. The van der Waals surface area contributed by atoms with Crippen molar-refractivity contribution >= 4 is 10.8 Å². The molecule has 1 nitrogen and oxygen atoms in total. The highest BCUT2D eigenvalue weighted by Crippen LogP contribution is 2.22. The smallest absolute Gasteiger partial charge is 0.119 e. The Hall–Kier alpha value is -2.72. The van der Waals surface area contributed by atoms with Gasteiger partial charge in [0.2, 0.25) is 0 Å². The second-order valence-corrected chi connectivity index (χ2v) is 7.68. The van der Waals surface area contributed by atoms with Gasteiger partial charge in [0.25, 0.3) is 0 Å². The molecule has 0 radical (unpaired) electrons. The molecular formula is C28H32O. The highest BCUT2D eigenvalue weighted by molar-refractivity contribution is 5.85. The lowest BCUT2D eigenvalue weighted by Gasteiger charge is -2.06. The Balaban J connectivity index is 1.63. The molecule has 3 rings (SSSR count). The zero-order valence-corrected chi connectivity index (χ0v) is 17.8. The Bertz CT molecular complexity index is 957. The van der Waals surface area contributed by atoms with Crippen molar-refractivity contribution in [2.75, 3.05) is 6.61 Å². The molecule has 0 heterocycles. The molecule has 0 aliphatic heterocycles. The average molecular weight is 385 g/mol. The van der Waals surface area contributed by atoms with Gasteiger partial charge in [0, 0.05) is 11.1 Å². The average Bonchev–Trinajstić information content (AvgIpc) is 2.76. The fourth-order valence-corrected chi connectivity index (χ4v) is 3.38. The van der Waals surface area contributed by atoms with Crippen LogP contribution in [0.15, 0.2) is 60.7 Å². The number of hydrogen-bond acceptors (Lipinski definition) is 1. The van der Waals surface area contributed by atoms with Crippen molar-refractivity contribution in [3.63, 3.8) is 0 Å². The summed E-state index contributed by atoms with van der Waals surface area (Å²) in [7, 11) is 0. The van der Waals surface area contributed by atoms with Crippen LogP contribution in [0.25, 0.3) is 10.8 Å². The van der Waals surface area contributed by atoms with Gasteiger partial charge in [-0.05, 0) is 72.0 Å². The van der Waals surface area contributed by atoms with Gasteiger partial charge in [-0.3, -0.25) is 0 Å². The number of aryl methyl sites for hydroxylation is 1. The first kappa shape index (κ1) is 21.0. The number of ether oxygens (including phenoxy) is 1. The molecule has 0 N–H and O–H groups in total. The van der Waals surface area contributed by atoms with E-state index in [4.69, 9.17) is 4.74 Å². The minimum atomic E-state index is 0.781.